The van der Waals surface area contributed by atoms with Crippen molar-refractivity contribution in [1.82, 2.24) is 9.97 Å². The molecule has 106 valence electrons. The van der Waals surface area contributed by atoms with Crippen molar-refractivity contribution in [3.05, 3.63) is 48.8 Å². The summed E-state index contributed by atoms with van der Waals surface area (Å²) >= 11 is 0. The van der Waals surface area contributed by atoms with Crippen LogP contribution >= 0.6 is 0 Å². The number of fused-ring (bicyclic) bond motifs is 1. The Morgan fingerprint density at radius 3 is 2.43 bits per heavy atom. The molecule has 0 saturated heterocycles. The van der Waals surface area contributed by atoms with Gasteiger partial charge in [0.2, 0.25) is 0 Å². The molecule has 0 amide bonds. The first-order valence-electron chi connectivity index (χ1n) is 6.77. The van der Waals surface area contributed by atoms with Crippen molar-refractivity contribution in [2.75, 3.05) is 26.1 Å². The molecule has 0 N–H and O–H groups in total. The van der Waals surface area contributed by atoms with Crippen molar-refractivity contribution in [2.45, 2.75) is 0 Å². The summed E-state index contributed by atoms with van der Waals surface area (Å²) in [6.07, 6.45) is 3.59. The average molecular weight is 279 g/mol. The summed E-state index contributed by atoms with van der Waals surface area (Å²) in [5, 5.41) is 1.06. The van der Waals surface area contributed by atoms with E-state index in [0.29, 0.717) is 0 Å². The molecule has 21 heavy (non-hydrogen) atoms. The summed E-state index contributed by atoms with van der Waals surface area (Å²) in [6, 6.07) is 12.1. The summed E-state index contributed by atoms with van der Waals surface area (Å²) in [6.45, 7) is 0. The lowest BCUT2D eigenvalue weighted by molar-refractivity contribution is 0.419. The molecule has 0 spiro atoms. The third kappa shape index (κ3) is 2.29. The molecule has 4 nitrogen and oxygen atoms in total. The van der Waals surface area contributed by atoms with Crippen LogP contribution in [0, 0.1) is 0 Å². The summed E-state index contributed by atoms with van der Waals surface area (Å²) in [7, 11) is 5.66. The fourth-order valence-corrected chi connectivity index (χ4v) is 2.51. The van der Waals surface area contributed by atoms with Crippen LogP contribution in [0.15, 0.2) is 48.8 Å². The van der Waals surface area contributed by atoms with Gasteiger partial charge >= 0.3 is 0 Å². The molecule has 0 bridgehead atoms. The zero-order valence-corrected chi connectivity index (χ0v) is 12.4. The molecule has 4 heteroatoms. The van der Waals surface area contributed by atoms with E-state index in [0.717, 1.165) is 33.6 Å². The second-order valence-electron chi connectivity index (χ2n) is 4.98. The van der Waals surface area contributed by atoms with Crippen molar-refractivity contribution < 1.29 is 4.74 Å². The topological polar surface area (TPSA) is 38.2 Å². The van der Waals surface area contributed by atoms with Crippen molar-refractivity contribution in [3.8, 4) is 16.9 Å². The highest BCUT2D eigenvalue weighted by atomic mass is 16.5. The van der Waals surface area contributed by atoms with Crippen LogP contribution in [0.1, 0.15) is 0 Å². The summed E-state index contributed by atoms with van der Waals surface area (Å²) in [5.74, 6) is 1.72. The predicted molar refractivity (Wildman–Crippen MR) is 85.9 cm³/mol. The number of anilines is 1. The highest BCUT2D eigenvalue weighted by Crippen LogP contribution is 2.36. The van der Waals surface area contributed by atoms with Crippen LogP contribution in [0.5, 0.6) is 5.75 Å². The minimum Gasteiger partial charge on any atom is -0.494 e. The van der Waals surface area contributed by atoms with Gasteiger partial charge in [0.15, 0.2) is 0 Å². The Balaban J connectivity index is 2.32. The number of rotatable bonds is 3. The Hall–Kier alpha value is -2.62. The van der Waals surface area contributed by atoms with Gasteiger partial charge in [-0.25, -0.2) is 4.98 Å². The highest BCUT2D eigenvalue weighted by molar-refractivity contribution is 5.99. The van der Waals surface area contributed by atoms with Gasteiger partial charge in [0, 0.05) is 37.4 Å². The number of pyridine rings is 2. The Bertz CT molecular complexity index is 784. The molecule has 0 radical (unpaired) electrons. The van der Waals surface area contributed by atoms with Crippen LogP contribution in [0.3, 0.4) is 0 Å². The summed E-state index contributed by atoms with van der Waals surface area (Å²) < 4.78 is 5.41. The minimum absolute atomic E-state index is 0.782. The lowest BCUT2D eigenvalue weighted by atomic mass is 10.0. The first-order valence-corrected chi connectivity index (χ1v) is 6.77. The van der Waals surface area contributed by atoms with Gasteiger partial charge in [-0.3, -0.25) is 4.98 Å². The van der Waals surface area contributed by atoms with E-state index in [-0.39, 0.29) is 0 Å². The van der Waals surface area contributed by atoms with E-state index in [2.05, 4.69) is 28.2 Å². The molecule has 0 saturated carbocycles. The van der Waals surface area contributed by atoms with Crippen LogP contribution in [0.4, 0.5) is 5.82 Å². The molecule has 0 unspecified atom stereocenters. The molecular formula is C17H17N3O. The van der Waals surface area contributed by atoms with E-state index < -0.39 is 0 Å². The van der Waals surface area contributed by atoms with Crippen molar-refractivity contribution >= 4 is 16.7 Å². The monoisotopic (exact) mass is 279 g/mol. The van der Waals surface area contributed by atoms with Gasteiger partial charge in [-0.1, -0.05) is 6.07 Å². The molecule has 0 atom stereocenters. The predicted octanol–water partition coefficient (Wildman–Crippen LogP) is 3.37. The fourth-order valence-electron chi connectivity index (χ4n) is 2.51. The van der Waals surface area contributed by atoms with Gasteiger partial charge in [0.1, 0.15) is 17.1 Å². The first-order chi connectivity index (χ1) is 10.2. The minimum atomic E-state index is 0.782. The lowest BCUT2D eigenvalue weighted by Crippen LogP contribution is -2.11. The summed E-state index contributed by atoms with van der Waals surface area (Å²) in [4.78, 5) is 10.9. The van der Waals surface area contributed by atoms with E-state index in [1.54, 1.807) is 13.3 Å². The lowest BCUT2D eigenvalue weighted by Gasteiger charge is -2.17. The third-order valence-electron chi connectivity index (χ3n) is 3.45. The summed E-state index contributed by atoms with van der Waals surface area (Å²) in [5.41, 5.74) is 3.06. The van der Waals surface area contributed by atoms with Gasteiger partial charge in [0.25, 0.3) is 0 Å². The molecule has 0 aliphatic rings. The number of hydrogen-bond donors (Lipinski definition) is 0. The second-order valence-corrected chi connectivity index (χ2v) is 4.98. The normalized spacial score (nSPS) is 10.6. The molecule has 2 heterocycles. The third-order valence-corrected chi connectivity index (χ3v) is 3.45. The zero-order valence-electron chi connectivity index (χ0n) is 12.4. The Labute approximate surface area is 124 Å². The number of ether oxygens (including phenoxy) is 1. The van der Waals surface area contributed by atoms with Gasteiger partial charge in [-0.05, 0) is 35.9 Å². The van der Waals surface area contributed by atoms with Gasteiger partial charge < -0.3 is 9.64 Å². The van der Waals surface area contributed by atoms with Crippen molar-refractivity contribution in [2.24, 2.45) is 0 Å². The molecule has 1 aromatic carbocycles. The van der Waals surface area contributed by atoms with Crippen LogP contribution in [-0.2, 0) is 0 Å². The number of aromatic nitrogens is 2. The molecule has 0 aliphatic heterocycles. The van der Waals surface area contributed by atoms with Crippen molar-refractivity contribution in [1.29, 1.82) is 0 Å². The van der Waals surface area contributed by atoms with E-state index in [1.165, 1.54) is 0 Å². The van der Waals surface area contributed by atoms with Crippen LogP contribution in [0.2, 0.25) is 0 Å². The Kier molecular flexibility index (Phi) is 3.44. The van der Waals surface area contributed by atoms with E-state index in [4.69, 9.17) is 4.74 Å². The first kappa shape index (κ1) is 13.4. The average Bonchev–Trinajstić information content (AvgIpc) is 2.53. The zero-order chi connectivity index (χ0) is 14.8. The van der Waals surface area contributed by atoms with Crippen LogP contribution in [0.25, 0.3) is 22.0 Å². The number of methoxy groups -OCH3 is 1. The SMILES string of the molecule is COc1ccc(-c2cccnc2N(C)C)c2cccnc12. The maximum absolute atomic E-state index is 5.41. The fraction of sp³-hybridized carbons (Fsp3) is 0.176. The Morgan fingerprint density at radius 2 is 1.67 bits per heavy atom. The molecular weight excluding hydrogens is 262 g/mol. The molecule has 2 aromatic heterocycles. The smallest absolute Gasteiger partial charge is 0.145 e. The van der Waals surface area contributed by atoms with Gasteiger partial charge in [-0.2, -0.15) is 0 Å². The van der Waals surface area contributed by atoms with E-state index in [9.17, 15) is 0 Å². The van der Waals surface area contributed by atoms with Crippen LogP contribution in [-0.4, -0.2) is 31.2 Å². The molecule has 3 rings (SSSR count). The van der Waals surface area contributed by atoms with Crippen molar-refractivity contribution in [3.63, 3.8) is 0 Å². The molecule has 0 fully saturated rings. The largest absolute Gasteiger partial charge is 0.494 e. The van der Waals surface area contributed by atoms with E-state index in [1.807, 2.05) is 43.4 Å². The second kappa shape index (κ2) is 5.40. The van der Waals surface area contributed by atoms with Gasteiger partial charge in [-0.15, -0.1) is 0 Å². The maximum atomic E-state index is 5.41. The molecule has 3 aromatic rings. The quantitative estimate of drug-likeness (QED) is 0.736. The number of benzene rings is 1. The number of hydrogen-bond acceptors (Lipinski definition) is 4. The highest BCUT2D eigenvalue weighted by Gasteiger charge is 2.13. The van der Waals surface area contributed by atoms with Gasteiger partial charge in [0.05, 0.1) is 7.11 Å². The van der Waals surface area contributed by atoms with Crippen LogP contribution < -0.4 is 9.64 Å². The maximum Gasteiger partial charge on any atom is 0.145 e. The molecule has 0 aliphatic carbocycles. The van der Waals surface area contributed by atoms with E-state index >= 15 is 0 Å². The number of nitrogens with zero attached hydrogens (tertiary/aromatic N) is 3. The Morgan fingerprint density at radius 1 is 0.905 bits per heavy atom. The standard InChI is InChI=1S/C17H17N3O/c1-20(2)17-14(7-5-11-19-17)12-8-9-15(21-3)16-13(12)6-4-10-18-16/h4-11H,1-3H3.